The van der Waals surface area contributed by atoms with Crippen LogP contribution in [0.1, 0.15) is 48.4 Å². The molecule has 0 spiro atoms. The summed E-state index contributed by atoms with van der Waals surface area (Å²) in [4.78, 5) is 15.0. The number of carbonyl (C=O) groups is 1. The van der Waals surface area contributed by atoms with Crippen molar-refractivity contribution in [2.45, 2.75) is 32.4 Å². The number of phenolic OH excluding ortho intramolecular Hbond substituents is 1. The second kappa shape index (κ2) is 5.73. The molecule has 5 heteroatoms. The minimum atomic E-state index is -0.368. The van der Waals surface area contributed by atoms with Gasteiger partial charge in [-0.1, -0.05) is 42.5 Å². The normalized spacial score (nSPS) is 16.8. The molecular formula is C21H21N3O2. The van der Waals surface area contributed by atoms with Crippen molar-refractivity contribution in [3.05, 3.63) is 71.4 Å². The number of rotatable bonds is 2. The Hall–Kier alpha value is -3.08. The van der Waals surface area contributed by atoms with Crippen molar-refractivity contribution in [1.82, 2.24) is 15.1 Å². The monoisotopic (exact) mass is 347 g/mol. The van der Waals surface area contributed by atoms with Crippen LogP contribution in [-0.4, -0.2) is 31.6 Å². The molecule has 0 saturated carbocycles. The number of carbonyl (C=O) groups excluding carboxylic acids is 1. The number of aromatic amines is 1. The van der Waals surface area contributed by atoms with Crippen molar-refractivity contribution >= 4 is 5.91 Å². The highest BCUT2D eigenvalue weighted by atomic mass is 16.3. The average Bonchev–Trinajstić information content (AvgIpc) is 3.15. The van der Waals surface area contributed by atoms with Crippen molar-refractivity contribution in [3.8, 4) is 17.0 Å². The van der Waals surface area contributed by atoms with Crippen LogP contribution < -0.4 is 0 Å². The van der Waals surface area contributed by atoms with E-state index in [2.05, 4.69) is 10.2 Å². The summed E-state index contributed by atoms with van der Waals surface area (Å²) in [6.07, 6.45) is 0. The molecule has 4 rings (SSSR count). The van der Waals surface area contributed by atoms with Gasteiger partial charge in [0.1, 0.15) is 11.4 Å². The molecular weight excluding hydrogens is 326 g/mol. The van der Waals surface area contributed by atoms with Gasteiger partial charge in [0.2, 0.25) is 0 Å². The quantitative estimate of drug-likeness (QED) is 0.732. The van der Waals surface area contributed by atoms with Crippen molar-refractivity contribution in [2.75, 3.05) is 0 Å². The minimum Gasteiger partial charge on any atom is -0.508 e. The number of hydrogen-bond acceptors (Lipinski definition) is 3. The number of hydrogen-bond donors (Lipinski definition) is 2. The van der Waals surface area contributed by atoms with Crippen LogP contribution >= 0.6 is 0 Å². The number of nitrogens with one attached hydrogen (secondary N) is 1. The molecule has 0 radical (unpaired) electrons. The standard InChI is InChI=1S/C21H21N3O2/c1-21(2,3)24-19(14-9-11-15(25)12-10-14)16-17(13-7-5-4-6-8-13)22-23-18(16)20(24)26/h4-12,19,25H,1-3H3,(H,22,23). The van der Waals surface area contributed by atoms with Gasteiger partial charge in [0.05, 0.1) is 11.7 Å². The van der Waals surface area contributed by atoms with Gasteiger partial charge in [-0.15, -0.1) is 0 Å². The zero-order valence-corrected chi connectivity index (χ0v) is 15.0. The minimum absolute atomic E-state index is 0.0553. The van der Waals surface area contributed by atoms with E-state index in [4.69, 9.17) is 0 Å². The first kappa shape index (κ1) is 16.4. The Labute approximate surface area is 152 Å². The number of phenols is 1. The largest absolute Gasteiger partial charge is 0.508 e. The van der Waals surface area contributed by atoms with E-state index in [-0.39, 0.29) is 23.2 Å². The fourth-order valence-electron chi connectivity index (χ4n) is 3.63. The Morgan fingerprint density at radius 1 is 1.04 bits per heavy atom. The average molecular weight is 347 g/mol. The third-order valence-electron chi connectivity index (χ3n) is 4.75. The molecule has 1 amide bonds. The lowest BCUT2D eigenvalue weighted by Crippen LogP contribution is -2.44. The number of fused-ring (bicyclic) bond motifs is 1. The fraction of sp³-hybridized carbons (Fsp3) is 0.238. The van der Waals surface area contributed by atoms with E-state index < -0.39 is 0 Å². The van der Waals surface area contributed by atoms with Gasteiger partial charge in [-0.3, -0.25) is 9.89 Å². The van der Waals surface area contributed by atoms with Crippen molar-refractivity contribution in [1.29, 1.82) is 0 Å². The predicted octanol–water partition coefficient (Wildman–Crippen LogP) is 4.13. The second-order valence-electron chi connectivity index (χ2n) is 7.57. The Morgan fingerprint density at radius 3 is 2.31 bits per heavy atom. The first-order valence-electron chi connectivity index (χ1n) is 8.64. The van der Waals surface area contributed by atoms with Gasteiger partial charge < -0.3 is 10.0 Å². The molecule has 1 aliphatic heterocycles. The SMILES string of the molecule is CC(C)(C)N1C(=O)c2[nH]nc(-c3ccccc3)c2C1c1ccc(O)cc1. The molecule has 1 aliphatic rings. The maximum absolute atomic E-state index is 13.1. The van der Waals surface area contributed by atoms with Crippen LogP contribution in [0.25, 0.3) is 11.3 Å². The van der Waals surface area contributed by atoms with Gasteiger partial charge in [-0.2, -0.15) is 5.10 Å². The molecule has 0 aliphatic carbocycles. The zero-order chi connectivity index (χ0) is 18.5. The maximum atomic E-state index is 13.1. The van der Waals surface area contributed by atoms with E-state index in [1.165, 1.54) is 0 Å². The van der Waals surface area contributed by atoms with Gasteiger partial charge in [0, 0.05) is 16.7 Å². The second-order valence-corrected chi connectivity index (χ2v) is 7.57. The third-order valence-corrected chi connectivity index (χ3v) is 4.75. The number of amides is 1. The van der Waals surface area contributed by atoms with Crippen molar-refractivity contribution in [2.24, 2.45) is 0 Å². The number of aromatic hydroxyl groups is 1. The topological polar surface area (TPSA) is 69.2 Å². The smallest absolute Gasteiger partial charge is 0.273 e. The van der Waals surface area contributed by atoms with E-state index in [1.54, 1.807) is 12.1 Å². The molecule has 2 aromatic carbocycles. The molecule has 1 unspecified atom stereocenters. The summed E-state index contributed by atoms with van der Waals surface area (Å²) in [5.74, 6) is 0.149. The van der Waals surface area contributed by atoms with Gasteiger partial charge in [0.25, 0.3) is 5.91 Å². The van der Waals surface area contributed by atoms with Gasteiger partial charge in [-0.25, -0.2) is 0 Å². The summed E-state index contributed by atoms with van der Waals surface area (Å²) in [5.41, 5.74) is 3.77. The molecule has 3 aromatic rings. The maximum Gasteiger partial charge on any atom is 0.273 e. The zero-order valence-electron chi connectivity index (χ0n) is 15.0. The molecule has 132 valence electrons. The molecule has 1 atom stereocenters. The van der Waals surface area contributed by atoms with Crippen LogP contribution in [0.5, 0.6) is 5.75 Å². The first-order chi connectivity index (χ1) is 12.4. The summed E-state index contributed by atoms with van der Waals surface area (Å²) >= 11 is 0. The van der Waals surface area contributed by atoms with Crippen molar-refractivity contribution < 1.29 is 9.90 Å². The van der Waals surface area contributed by atoms with Crippen LogP contribution in [0.3, 0.4) is 0 Å². The number of benzene rings is 2. The summed E-state index contributed by atoms with van der Waals surface area (Å²) in [6.45, 7) is 6.08. The summed E-state index contributed by atoms with van der Waals surface area (Å²) < 4.78 is 0. The summed E-state index contributed by atoms with van der Waals surface area (Å²) in [6, 6.07) is 16.7. The molecule has 1 aromatic heterocycles. The molecule has 0 fully saturated rings. The number of aromatic nitrogens is 2. The van der Waals surface area contributed by atoms with E-state index >= 15 is 0 Å². The molecule has 0 saturated heterocycles. The van der Waals surface area contributed by atoms with E-state index in [9.17, 15) is 9.90 Å². The molecule has 2 heterocycles. The van der Waals surface area contributed by atoms with Crippen LogP contribution in [0.15, 0.2) is 54.6 Å². The highest BCUT2D eigenvalue weighted by Gasteiger charge is 2.46. The Bertz CT molecular complexity index is 953. The highest BCUT2D eigenvalue weighted by molar-refractivity contribution is 6.00. The van der Waals surface area contributed by atoms with Crippen LogP contribution in [0, 0.1) is 0 Å². The Balaban J connectivity index is 1.94. The van der Waals surface area contributed by atoms with Crippen LogP contribution in [0.2, 0.25) is 0 Å². The van der Waals surface area contributed by atoms with Gasteiger partial charge >= 0.3 is 0 Å². The summed E-state index contributed by atoms with van der Waals surface area (Å²) in [7, 11) is 0. The Kier molecular flexibility index (Phi) is 3.61. The third kappa shape index (κ3) is 2.47. The number of H-pyrrole nitrogens is 1. The lowest BCUT2D eigenvalue weighted by atomic mass is 9.93. The first-order valence-corrected chi connectivity index (χ1v) is 8.64. The molecule has 0 bridgehead atoms. The number of nitrogens with zero attached hydrogens (tertiary/aromatic N) is 2. The lowest BCUT2D eigenvalue weighted by Gasteiger charge is -2.37. The summed E-state index contributed by atoms with van der Waals surface area (Å²) in [5, 5.41) is 17.1. The van der Waals surface area contributed by atoms with E-state index in [0.29, 0.717) is 5.69 Å². The molecule has 26 heavy (non-hydrogen) atoms. The predicted molar refractivity (Wildman–Crippen MR) is 99.9 cm³/mol. The molecule has 2 N–H and O–H groups in total. The van der Waals surface area contributed by atoms with Gasteiger partial charge in [0.15, 0.2) is 0 Å². The van der Waals surface area contributed by atoms with E-state index in [1.807, 2.05) is 68.1 Å². The van der Waals surface area contributed by atoms with Gasteiger partial charge in [-0.05, 0) is 38.5 Å². The lowest BCUT2D eigenvalue weighted by molar-refractivity contribution is 0.0546. The highest BCUT2D eigenvalue weighted by Crippen LogP contribution is 2.45. The molecule has 5 nitrogen and oxygen atoms in total. The fourth-order valence-corrected chi connectivity index (χ4v) is 3.63. The van der Waals surface area contributed by atoms with E-state index in [0.717, 1.165) is 22.4 Å². The van der Waals surface area contributed by atoms with Crippen molar-refractivity contribution in [3.63, 3.8) is 0 Å². The Morgan fingerprint density at radius 2 is 1.69 bits per heavy atom. The van der Waals surface area contributed by atoms with Crippen LogP contribution in [-0.2, 0) is 0 Å². The van der Waals surface area contributed by atoms with Crippen LogP contribution in [0.4, 0.5) is 0 Å².